The fourth-order valence-corrected chi connectivity index (χ4v) is 2.44. The summed E-state index contributed by atoms with van der Waals surface area (Å²) in [6.07, 6.45) is 0. The summed E-state index contributed by atoms with van der Waals surface area (Å²) in [5, 5.41) is 22.1. The Kier molecular flexibility index (Phi) is 4.15. The fraction of sp³-hybridized carbons (Fsp3) is 0.0714. The van der Waals surface area contributed by atoms with Crippen LogP contribution in [0.15, 0.2) is 54.6 Å². The molecule has 0 saturated heterocycles. The minimum atomic E-state index is -2.20. The molecule has 0 aromatic heterocycles. The van der Waals surface area contributed by atoms with Crippen molar-refractivity contribution in [3.8, 4) is 0 Å². The Morgan fingerprint density at radius 2 is 1.71 bits per heavy atom. The number of rotatable bonds is 4. The third kappa shape index (κ3) is 2.56. The number of hydrogen-bond acceptors (Lipinski definition) is 5. The number of benzene rings is 2. The molecule has 0 amide bonds. The second-order valence-electron chi connectivity index (χ2n) is 4.34. The standard InChI is InChI=1S/C14H13NO5Si/c16-13(20-21)14(17,10-6-2-1-3-7-10)11-8-4-5-9-12(11)15(18)19/h1-9,17H,21H3. The van der Waals surface area contributed by atoms with Gasteiger partial charge in [0, 0.05) is 6.07 Å². The molecule has 0 saturated carbocycles. The lowest BCUT2D eigenvalue weighted by Crippen LogP contribution is -2.38. The van der Waals surface area contributed by atoms with E-state index in [-0.39, 0.29) is 27.3 Å². The molecule has 1 atom stereocenters. The normalized spacial score (nSPS) is 13.4. The van der Waals surface area contributed by atoms with Gasteiger partial charge in [-0.15, -0.1) is 0 Å². The van der Waals surface area contributed by atoms with Gasteiger partial charge in [0.25, 0.3) is 5.69 Å². The van der Waals surface area contributed by atoms with Gasteiger partial charge < -0.3 is 9.53 Å². The number of hydrogen-bond donors (Lipinski definition) is 1. The number of nitro benzene ring substituents is 1. The first-order valence-electron chi connectivity index (χ1n) is 6.12. The number of nitrogens with zero attached hydrogens (tertiary/aromatic N) is 1. The van der Waals surface area contributed by atoms with Crippen molar-refractivity contribution in [3.05, 3.63) is 75.8 Å². The summed E-state index contributed by atoms with van der Waals surface area (Å²) in [5.41, 5.74) is -2.43. The second kappa shape index (κ2) is 5.86. The summed E-state index contributed by atoms with van der Waals surface area (Å²) < 4.78 is 4.79. The zero-order chi connectivity index (χ0) is 15.5. The summed E-state index contributed by atoms with van der Waals surface area (Å²) >= 11 is 0. The topological polar surface area (TPSA) is 89.7 Å². The van der Waals surface area contributed by atoms with Gasteiger partial charge in [0.15, 0.2) is 0 Å². The Morgan fingerprint density at radius 1 is 1.14 bits per heavy atom. The maximum absolute atomic E-state index is 12.1. The molecule has 1 unspecified atom stereocenters. The van der Waals surface area contributed by atoms with Gasteiger partial charge in [0.2, 0.25) is 16.1 Å². The maximum atomic E-state index is 12.1. The summed E-state index contributed by atoms with van der Waals surface area (Å²) in [7, 11) is 0.0707. The first kappa shape index (κ1) is 14.9. The van der Waals surface area contributed by atoms with Crippen LogP contribution in [0.5, 0.6) is 0 Å². The summed E-state index contributed by atoms with van der Waals surface area (Å²) in [6, 6.07) is 13.6. The molecule has 1 N–H and O–H groups in total. The molecule has 21 heavy (non-hydrogen) atoms. The third-order valence-corrected chi connectivity index (χ3v) is 3.53. The van der Waals surface area contributed by atoms with Gasteiger partial charge in [-0.05, 0) is 11.6 Å². The predicted molar refractivity (Wildman–Crippen MR) is 78.6 cm³/mol. The summed E-state index contributed by atoms with van der Waals surface area (Å²) in [4.78, 5) is 22.7. The van der Waals surface area contributed by atoms with Gasteiger partial charge in [-0.1, -0.05) is 42.5 Å². The van der Waals surface area contributed by atoms with Gasteiger partial charge in [-0.2, -0.15) is 0 Å². The minimum Gasteiger partial charge on any atom is -0.526 e. The van der Waals surface area contributed by atoms with E-state index in [1.54, 1.807) is 18.2 Å². The quantitative estimate of drug-likeness (QED) is 0.509. The Hall–Kier alpha value is -2.51. The molecule has 2 rings (SSSR count). The van der Waals surface area contributed by atoms with Gasteiger partial charge in [-0.3, -0.25) is 10.1 Å². The van der Waals surface area contributed by atoms with Crippen LogP contribution in [0, 0.1) is 10.1 Å². The van der Waals surface area contributed by atoms with Crippen LogP contribution in [0.25, 0.3) is 0 Å². The molecule has 7 heteroatoms. The first-order chi connectivity index (χ1) is 10.0. The summed E-state index contributed by atoms with van der Waals surface area (Å²) in [5.74, 6) is -0.922. The van der Waals surface area contributed by atoms with E-state index in [1.807, 2.05) is 0 Å². The van der Waals surface area contributed by atoms with E-state index in [0.29, 0.717) is 0 Å². The Bertz CT molecular complexity index is 676. The van der Waals surface area contributed by atoms with Crippen LogP contribution in [0.3, 0.4) is 0 Å². The van der Waals surface area contributed by atoms with Crippen LogP contribution in [0.1, 0.15) is 11.1 Å². The molecule has 0 aliphatic heterocycles. The first-order valence-corrected chi connectivity index (χ1v) is 6.93. The van der Waals surface area contributed by atoms with E-state index in [2.05, 4.69) is 0 Å². The van der Waals surface area contributed by atoms with E-state index >= 15 is 0 Å². The van der Waals surface area contributed by atoms with Crippen LogP contribution < -0.4 is 0 Å². The molecule has 0 aliphatic rings. The molecule has 0 radical (unpaired) electrons. The molecular formula is C14H13NO5Si. The lowest BCUT2D eigenvalue weighted by molar-refractivity contribution is -0.386. The number of nitro groups is 1. The lowest BCUT2D eigenvalue weighted by atomic mass is 9.85. The van der Waals surface area contributed by atoms with E-state index in [9.17, 15) is 20.0 Å². The van der Waals surface area contributed by atoms with Crippen molar-refractivity contribution in [3.63, 3.8) is 0 Å². The molecule has 0 bridgehead atoms. The number of para-hydroxylation sites is 1. The maximum Gasteiger partial charge on any atom is 0.334 e. The van der Waals surface area contributed by atoms with Crippen molar-refractivity contribution < 1.29 is 19.3 Å². The van der Waals surface area contributed by atoms with E-state index < -0.39 is 16.5 Å². The highest BCUT2D eigenvalue weighted by Crippen LogP contribution is 2.36. The minimum absolute atomic E-state index is 0.0707. The molecular weight excluding hydrogens is 290 g/mol. The molecule has 0 heterocycles. The summed E-state index contributed by atoms with van der Waals surface area (Å²) in [6.45, 7) is 0. The second-order valence-corrected chi connectivity index (χ2v) is 4.75. The zero-order valence-electron chi connectivity index (χ0n) is 11.2. The van der Waals surface area contributed by atoms with E-state index in [4.69, 9.17) is 4.43 Å². The van der Waals surface area contributed by atoms with Gasteiger partial charge in [0.05, 0.1) is 10.5 Å². The van der Waals surface area contributed by atoms with Crippen molar-refractivity contribution in [1.82, 2.24) is 0 Å². The Morgan fingerprint density at radius 3 is 2.29 bits per heavy atom. The van der Waals surface area contributed by atoms with Gasteiger partial charge in [-0.25, -0.2) is 4.79 Å². The van der Waals surface area contributed by atoms with Crippen molar-refractivity contribution in [2.75, 3.05) is 0 Å². The van der Waals surface area contributed by atoms with Crippen LogP contribution in [-0.2, 0) is 14.8 Å². The number of aliphatic hydroxyl groups is 1. The van der Waals surface area contributed by atoms with E-state index in [1.165, 1.54) is 36.4 Å². The molecule has 2 aromatic rings. The molecule has 0 spiro atoms. The lowest BCUT2D eigenvalue weighted by Gasteiger charge is -2.26. The molecule has 0 fully saturated rings. The Labute approximate surface area is 123 Å². The van der Waals surface area contributed by atoms with Crippen molar-refractivity contribution in [2.24, 2.45) is 0 Å². The van der Waals surface area contributed by atoms with E-state index in [0.717, 1.165) is 0 Å². The SMILES string of the molecule is O=C(O[SiH3])C(O)(c1ccccc1)c1ccccc1[N+](=O)[O-]. The monoisotopic (exact) mass is 303 g/mol. The predicted octanol–water partition coefficient (Wildman–Crippen LogP) is 0.654. The largest absolute Gasteiger partial charge is 0.526 e. The van der Waals surface area contributed by atoms with Crippen LogP contribution in [-0.4, -0.2) is 26.5 Å². The van der Waals surface area contributed by atoms with Crippen molar-refractivity contribution >= 4 is 22.1 Å². The molecule has 0 aliphatic carbocycles. The average molecular weight is 303 g/mol. The number of carbonyl (C=O) groups excluding carboxylic acids is 1. The number of carbonyl (C=O) groups is 1. The smallest absolute Gasteiger partial charge is 0.334 e. The van der Waals surface area contributed by atoms with Crippen LogP contribution in [0.2, 0.25) is 0 Å². The fourth-order valence-electron chi connectivity index (χ4n) is 2.15. The highest BCUT2D eigenvalue weighted by atomic mass is 28.2. The van der Waals surface area contributed by atoms with Crippen molar-refractivity contribution in [2.45, 2.75) is 5.60 Å². The van der Waals surface area contributed by atoms with Crippen LogP contribution >= 0.6 is 0 Å². The highest BCUT2D eigenvalue weighted by Gasteiger charge is 2.45. The van der Waals surface area contributed by atoms with Gasteiger partial charge >= 0.3 is 5.97 Å². The Balaban J connectivity index is 2.74. The zero-order valence-corrected chi connectivity index (χ0v) is 13.2. The third-order valence-electron chi connectivity index (χ3n) is 3.16. The molecule has 2 aromatic carbocycles. The average Bonchev–Trinajstić information content (AvgIpc) is 2.54. The van der Waals surface area contributed by atoms with Gasteiger partial charge in [0.1, 0.15) is 0 Å². The molecule has 108 valence electrons. The van der Waals surface area contributed by atoms with Crippen LogP contribution in [0.4, 0.5) is 5.69 Å². The molecule has 6 nitrogen and oxygen atoms in total. The highest BCUT2D eigenvalue weighted by molar-refractivity contribution is 6.08. The van der Waals surface area contributed by atoms with Crippen molar-refractivity contribution in [1.29, 1.82) is 0 Å².